The Hall–Kier alpha value is -2.83. The van der Waals surface area contributed by atoms with Crippen LogP contribution in [0.3, 0.4) is 0 Å². The van der Waals surface area contributed by atoms with Gasteiger partial charge in [-0.05, 0) is 19.1 Å². The standard InChI is InChI=1S/C13H11NO6/c1-8-5-11(20-12(8)13(15)16)7-19-10-4-2-3-9(6-10)14(17)18/h2-6H,7H2,1H3,(H,15,16). The largest absolute Gasteiger partial charge is 0.485 e. The molecule has 0 aliphatic heterocycles. The molecular weight excluding hydrogens is 266 g/mol. The van der Waals surface area contributed by atoms with Crippen LogP contribution in [0.1, 0.15) is 21.9 Å². The number of nitro groups is 1. The van der Waals surface area contributed by atoms with Gasteiger partial charge in [0.1, 0.15) is 18.1 Å². The number of nitro benzene ring substituents is 1. The molecule has 1 aromatic carbocycles. The molecule has 104 valence electrons. The summed E-state index contributed by atoms with van der Waals surface area (Å²) in [5.41, 5.74) is 0.416. The van der Waals surface area contributed by atoms with Crippen molar-refractivity contribution in [3.63, 3.8) is 0 Å². The summed E-state index contributed by atoms with van der Waals surface area (Å²) in [7, 11) is 0. The monoisotopic (exact) mass is 277 g/mol. The van der Waals surface area contributed by atoms with E-state index in [4.69, 9.17) is 14.3 Å². The number of aromatic carboxylic acids is 1. The minimum atomic E-state index is -1.15. The molecule has 0 fully saturated rings. The van der Waals surface area contributed by atoms with E-state index in [-0.39, 0.29) is 18.1 Å². The first-order chi connectivity index (χ1) is 9.47. The van der Waals surface area contributed by atoms with Crippen molar-refractivity contribution in [2.45, 2.75) is 13.5 Å². The third kappa shape index (κ3) is 2.94. The molecule has 0 atom stereocenters. The fourth-order valence-corrected chi connectivity index (χ4v) is 1.67. The summed E-state index contributed by atoms with van der Waals surface area (Å²) in [4.78, 5) is 20.9. The molecule has 0 radical (unpaired) electrons. The minimum absolute atomic E-state index is 0.00467. The molecule has 0 amide bonds. The van der Waals surface area contributed by atoms with Crippen molar-refractivity contribution in [3.05, 3.63) is 57.5 Å². The van der Waals surface area contributed by atoms with E-state index in [0.29, 0.717) is 17.1 Å². The first kappa shape index (κ1) is 13.6. The molecule has 2 rings (SSSR count). The van der Waals surface area contributed by atoms with E-state index in [1.165, 1.54) is 18.2 Å². The van der Waals surface area contributed by atoms with Crippen LogP contribution in [0.25, 0.3) is 0 Å². The Bertz CT molecular complexity index is 661. The minimum Gasteiger partial charge on any atom is -0.485 e. The normalized spacial score (nSPS) is 10.2. The molecule has 1 heterocycles. The van der Waals surface area contributed by atoms with Crippen LogP contribution in [-0.4, -0.2) is 16.0 Å². The molecule has 7 nitrogen and oxygen atoms in total. The van der Waals surface area contributed by atoms with Crippen LogP contribution in [0.5, 0.6) is 5.75 Å². The highest BCUT2D eigenvalue weighted by Crippen LogP contribution is 2.21. The second-order valence-electron chi connectivity index (χ2n) is 4.07. The Morgan fingerprint density at radius 2 is 2.20 bits per heavy atom. The number of hydrogen-bond acceptors (Lipinski definition) is 5. The summed E-state index contributed by atoms with van der Waals surface area (Å²) in [5, 5.41) is 19.5. The number of non-ortho nitro benzene ring substituents is 1. The second-order valence-corrected chi connectivity index (χ2v) is 4.07. The number of carboxylic acid groups (broad SMARTS) is 1. The number of furan rings is 1. The maximum absolute atomic E-state index is 10.8. The molecular formula is C13H11NO6. The van der Waals surface area contributed by atoms with Gasteiger partial charge in [0, 0.05) is 11.6 Å². The zero-order chi connectivity index (χ0) is 14.7. The van der Waals surface area contributed by atoms with E-state index in [0.717, 1.165) is 0 Å². The Morgan fingerprint density at radius 3 is 2.80 bits per heavy atom. The maximum atomic E-state index is 10.8. The summed E-state index contributed by atoms with van der Waals surface area (Å²) < 4.78 is 10.5. The van der Waals surface area contributed by atoms with Gasteiger partial charge in [0.05, 0.1) is 11.0 Å². The highest BCUT2D eigenvalue weighted by molar-refractivity contribution is 5.86. The van der Waals surface area contributed by atoms with E-state index in [1.807, 2.05) is 0 Å². The number of carbonyl (C=O) groups is 1. The number of hydrogen-bond donors (Lipinski definition) is 1. The highest BCUT2D eigenvalue weighted by Gasteiger charge is 2.14. The molecule has 0 aliphatic rings. The Kier molecular flexibility index (Phi) is 3.69. The second kappa shape index (κ2) is 5.43. The number of nitrogens with zero attached hydrogens (tertiary/aromatic N) is 1. The number of rotatable bonds is 5. The predicted octanol–water partition coefficient (Wildman–Crippen LogP) is 2.77. The van der Waals surface area contributed by atoms with Gasteiger partial charge in [0.25, 0.3) is 5.69 Å². The molecule has 1 aromatic heterocycles. The van der Waals surface area contributed by atoms with E-state index in [1.54, 1.807) is 19.1 Å². The van der Waals surface area contributed by atoms with E-state index in [9.17, 15) is 14.9 Å². The molecule has 7 heteroatoms. The van der Waals surface area contributed by atoms with Crippen LogP contribution in [0.15, 0.2) is 34.7 Å². The van der Waals surface area contributed by atoms with Gasteiger partial charge in [-0.1, -0.05) is 6.07 Å². The van der Waals surface area contributed by atoms with Crippen molar-refractivity contribution in [2.24, 2.45) is 0 Å². The van der Waals surface area contributed by atoms with Gasteiger partial charge in [-0.25, -0.2) is 4.79 Å². The van der Waals surface area contributed by atoms with Gasteiger partial charge >= 0.3 is 5.97 Å². The highest BCUT2D eigenvalue weighted by atomic mass is 16.6. The molecule has 2 aromatic rings. The van der Waals surface area contributed by atoms with E-state index < -0.39 is 10.9 Å². The van der Waals surface area contributed by atoms with E-state index in [2.05, 4.69) is 0 Å². The van der Waals surface area contributed by atoms with Crippen molar-refractivity contribution < 1.29 is 24.0 Å². The van der Waals surface area contributed by atoms with Crippen LogP contribution in [-0.2, 0) is 6.61 Å². The predicted molar refractivity (Wildman–Crippen MR) is 67.8 cm³/mol. The Labute approximate surface area is 113 Å². The quantitative estimate of drug-likeness (QED) is 0.665. The van der Waals surface area contributed by atoms with Crippen LogP contribution in [0.4, 0.5) is 5.69 Å². The molecule has 0 aliphatic carbocycles. The lowest BCUT2D eigenvalue weighted by atomic mass is 10.2. The molecule has 0 bridgehead atoms. The van der Waals surface area contributed by atoms with Gasteiger partial charge < -0.3 is 14.3 Å². The topological polar surface area (TPSA) is 103 Å². The Balaban J connectivity index is 2.09. The zero-order valence-corrected chi connectivity index (χ0v) is 10.5. The number of carboxylic acids is 1. The van der Waals surface area contributed by atoms with Gasteiger partial charge in [0.2, 0.25) is 5.76 Å². The molecule has 0 spiro atoms. The average Bonchev–Trinajstić information content (AvgIpc) is 2.78. The third-order valence-corrected chi connectivity index (χ3v) is 2.57. The number of benzene rings is 1. The summed E-state index contributed by atoms with van der Waals surface area (Å²) >= 11 is 0. The molecule has 20 heavy (non-hydrogen) atoms. The lowest BCUT2D eigenvalue weighted by molar-refractivity contribution is -0.384. The first-order valence-electron chi connectivity index (χ1n) is 5.67. The zero-order valence-electron chi connectivity index (χ0n) is 10.5. The van der Waals surface area contributed by atoms with Crippen LogP contribution >= 0.6 is 0 Å². The number of aryl methyl sites for hydroxylation is 1. The lowest BCUT2D eigenvalue weighted by Gasteiger charge is -2.03. The van der Waals surface area contributed by atoms with Gasteiger partial charge in [-0.2, -0.15) is 0 Å². The van der Waals surface area contributed by atoms with Gasteiger partial charge in [-0.3, -0.25) is 10.1 Å². The van der Waals surface area contributed by atoms with E-state index >= 15 is 0 Å². The molecule has 0 unspecified atom stereocenters. The van der Waals surface area contributed by atoms with Crippen molar-refractivity contribution in [1.82, 2.24) is 0 Å². The smallest absolute Gasteiger partial charge is 0.372 e. The number of ether oxygens (including phenoxy) is 1. The van der Waals surface area contributed by atoms with Gasteiger partial charge in [-0.15, -0.1) is 0 Å². The van der Waals surface area contributed by atoms with Crippen molar-refractivity contribution in [3.8, 4) is 5.75 Å². The average molecular weight is 277 g/mol. The van der Waals surface area contributed by atoms with Crippen LogP contribution in [0, 0.1) is 17.0 Å². The third-order valence-electron chi connectivity index (χ3n) is 2.57. The fourth-order valence-electron chi connectivity index (χ4n) is 1.67. The summed E-state index contributed by atoms with van der Waals surface area (Å²) in [6.07, 6.45) is 0. The fraction of sp³-hybridized carbons (Fsp3) is 0.154. The summed E-state index contributed by atoms with van der Waals surface area (Å²) in [5.74, 6) is -0.636. The van der Waals surface area contributed by atoms with Crippen molar-refractivity contribution >= 4 is 11.7 Å². The molecule has 0 saturated heterocycles. The first-order valence-corrected chi connectivity index (χ1v) is 5.67. The van der Waals surface area contributed by atoms with Crippen LogP contribution in [0.2, 0.25) is 0 Å². The Morgan fingerprint density at radius 1 is 1.45 bits per heavy atom. The molecule has 1 N–H and O–H groups in total. The van der Waals surface area contributed by atoms with Crippen molar-refractivity contribution in [1.29, 1.82) is 0 Å². The van der Waals surface area contributed by atoms with Crippen LogP contribution < -0.4 is 4.74 Å². The molecule has 0 saturated carbocycles. The van der Waals surface area contributed by atoms with Gasteiger partial charge in [0.15, 0.2) is 0 Å². The summed E-state index contributed by atoms with van der Waals surface area (Å²) in [6, 6.07) is 7.27. The maximum Gasteiger partial charge on any atom is 0.372 e. The van der Waals surface area contributed by atoms with Crippen molar-refractivity contribution in [2.75, 3.05) is 0 Å². The SMILES string of the molecule is Cc1cc(COc2cccc([N+](=O)[O-])c2)oc1C(=O)O. The lowest BCUT2D eigenvalue weighted by Crippen LogP contribution is -1.96. The summed E-state index contributed by atoms with van der Waals surface area (Å²) in [6.45, 7) is 1.61.